The van der Waals surface area contributed by atoms with Crippen molar-refractivity contribution in [1.82, 2.24) is 5.32 Å². The van der Waals surface area contributed by atoms with Gasteiger partial charge in [0.1, 0.15) is 24.4 Å². The Morgan fingerprint density at radius 3 is 1.68 bits per heavy atom. The smallest absolute Gasteiger partial charge is 0.220 e. The van der Waals surface area contributed by atoms with Crippen molar-refractivity contribution < 1.29 is 39.8 Å². The van der Waals surface area contributed by atoms with Crippen LogP contribution in [0.5, 0.6) is 0 Å². The summed E-state index contributed by atoms with van der Waals surface area (Å²) in [5.41, 5.74) is 0. The lowest BCUT2D eigenvalue weighted by molar-refractivity contribution is -0.302. The van der Waals surface area contributed by atoms with E-state index in [1.54, 1.807) is 6.08 Å². The summed E-state index contributed by atoms with van der Waals surface area (Å²) in [6.07, 6.45) is 29.3. The molecule has 1 amide bonds. The van der Waals surface area contributed by atoms with E-state index in [1.165, 1.54) is 89.9 Å². The molecule has 7 atom stereocenters. The SMILES string of the molecule is CCCC/C=C\CCCCCCCC(=O)NC(COC1OC(CO)C(O)C(O)C1O)C(O)/C=C/CCCCCCCCCCCCCCCC. The van der Waals surface area contributed by atoms with E-state index < -0.39 is 49.5 Å². The number of unbranched alkanes of at least 4 members (excludes halogenated alkanes) is 21. The number of hydrogen-bond acceptors (Lipinski definition) is 8. The van der Waals surface area contributed by atoms with Gasteiger partial charge in [0.05, 0.1) is 25.4 Å². The molecule has 1 saturated heterocycles. The Bertz CT molecular complexity index is 837. The summed E-state index contributed by atoms with van der Waals surface area (Å²) in [6, 6.07) is -0.804. The zero-order valence-electron chi connectivity index (χ0n) is 31.9. The van der Waals surface area contributed by atoms with Crippen molar-refractivity contribution >= 4 is 5.91 Å². The van der Waals surface area contributed by atoms with E-state index in [9.17, 15) is 30.3 Å². The number of allylic oxidation sites excluding steroid dienone is 3. The minimum Gasteiger partial charge on any atom is -0.394 e. The molecule has 0 aromatic heterocycles. The van der Waals surface area contributed by atoms with Crippen LogP contribution in [0.25, 0.3) is 0 Å². The third kappa shape index (κ3) is 23.3. The van der Waals surface area contributed by atoms with Crippen LogP contribution in [0.2, 0.25) is 0 Å². The van der Waals surface area contributed by atoms with Gasteiger partial charge in [0.15, 0.2) is 6.29 Å². The summed E-state index contributed by atoms with van der Waals surface area (Å²) < 4.78 is 11.2. The lowest BCUT2D eigenvalue weighted by atomic mass is 9.99. The van der Waals surface area contributed by atoms with Crippen molar-refractivity contribution in [3.63, 3.8) is 0 Å². The minimum absolute atomic E-state index is 0.189. The van der Waals surface area contributed by atoms with Crippen LogP contribution >= 0.6 is 0 Å². The minimum atomic E-state index is -1.56. The quantitative estimate of drug-likeness (QED) is 0.0302. The molecule has 50 heavy (non-hydrogen) atoms. The van der Waals surface area contributed by atoms with Crippen LogP contribution in [0.1, 0.15) is 174 Å². The molecule has 1 aliphatic heterocycles. The van der Waals surface area contributed by atoms with Gasteiger partial charge in [-0.15, -0.1) is 0 Å². The molecule has 0 spiro atoms. The number of rotatable bonds is 33. The molecule has 9 nitrogen and oxygen atoms in total. The van der Waals surface area contributed by atoms with Crippen molar-refractivity contribution in [3.05, 3.63) is 24.3 Å². The number of aliphatic hydroxyl groups is 5. The number of carbonyl (C=O) groups excluding carboxylic acids is 1. The van der Waals surface area contributed by atoms with Gasteiger partial charge in [0, 0.05) is 6.42 Å². The Labute approximate surface area is 305 Å². The summed E-state index contributed by atoms with van der Waals surface area (Å²) in [7, 11) is 0. The Hall–Kier alpha value is -1.33. The predicted octanol–water partition coefficient (Wildman–Crippen LogP) is 7.55. The Kier molecular flexibility index (Phi) is 30.2. The van der Waals surface area contributed by atoms with Crippen LogP contribution in [0.3, 0.4) is 0 Å². The molecule has 0 aliphatic carbocycles. The maximum absolute atomic E-state index is 12.9. The van der Waals surface area contributed by atoms with Gasteiger partial charge in [0.25, 0.3) is 0 Å². The lowest BCUT2D eigenvalue weighted by Gasteiger charge is -2.40. The van der Waals surface area contributed by atoms with Gasteiger partial charge in [0.2, 0.25) is 5.91 Å². The first-order valence-electron chi connectivity index (χ1n) is 20.6. The first-order chi connectivity index (χ1) is 24.3. The van der Waals surface area contributed by atoms with Gasteiger partial charge in [-0.2, -0.15) is 0 Å². The predicted molar refractivity (Wildman–Crippen MR) is 203 cm³/mol. The normalized spacial score (nSPS) is 22.4. The fourth-order valence-corrected chi connectivity index (χ4v) is 6.37. The van der Waals surface area contributed by atoms with Crippen molar-refractivity contribution in [2.75, 3.05) is 13.2 Å². The van der Waals surface area contributed by atoms with Crippen molar-refractivity contribution in [2.45, 2.75) is 217 Å². The molecule has 294 valence electrons. The number of amides is 1. The number of nitrogens with one attached hydrogen (secondary N) is 1. The van der Waals surface area contributed by atoms with Gasteiger partial charge >= 0.3 is 0 Å². The largest absolute Gasteiger partial charge is 0.394 e. The number of ether oxygens (including phenoxy) is 2. The molecule has 0 saturated carbocycles. The van der Waals surface area contributed by atoms with Crippen LogP contribution in [-0.2, 0) is 14.3 Å². The van der Waals surface area contributed by atoms with Crippen LogP contribution in [-0.4, -0.2) is 87.5 Å². The molecular weight excluding hydrogens is 634 g/mol. The molecule has 1 aliphatic rings. The zero-order chi connectivity index (χ0) is 36.7. The van der Waals surface area contributed by atoms with E-state index in [1.807, 2.05) is 6.08 Å². The highest BCUT2D eigenvalue weighted by molar-refractivity contribution is 5.76. The van der Waals surface area contributed by atoms with Gasteiger partial charge in [-0.3, -0.25) is 4.79 Å². The van der Waals surface area contributed by atoms with E-state index in [0.29, 0.717) is 6.42 Å². The fraction of sp³-hybridized carbons (Fsp3) is 0.878. The van der Waals surface area contributed by atoms with E-state index >= 15 is 0 Å². The highest BCUT2D eigenvalue weighted by atomic mass is 16.7. The van der Waals surface area contributed by atoms with Gasteiger partial charge in [-0.05, 0) is 38.5 Å². The molecule has 1 fully saturated rings. The molecule has 1 heterocycles. The van der Waals surface area contributed by atoms with Gasteiger partial charge in [-0.25, -0.2) is 0 Å². The van der Waals surface area contributed by atoms with Crippen LogP contribution in [0, 0.1) is 0 Å². The maximum Gasteiger partial charge on any atom is 0.220 e. The summed E-state index contributed by atoms with van der Waals surface area (Å²) in [4.78, 5) is 12.9. The van der Waals surface area contributed by atoms with Crippen molar-refractivity contribution in [3.8, 4) is 0 Å². The maximum atomic E-state index is 12.9. The number of hydrogen-bond donors (Lipinski definition) is 6. The highest BCUT2D eigenvalue weighted by Crippen LogP contribution is 2.22. The Balaban J connectivity index is 2.42. The van der Waals surface area contributed by atoms with E-state index in [0.717, 1.165) is 64.2 Å². The van der Waals surface area contributed by atoms with Gasteiger partial charge < -0.3 is 40.3 Å². The molecule has 0 aromatic carbocycles. The number of aliphatic hydroxyl groups excluding tert-OH is 5. The molecule has 0 radical (unpaired) electrons. The zero-order valence-corrected chi connectivity index (χ0v) is 31.9. The second-order valence-electron chi connectivity index (χ2n) is 14.4. The highest BCUT2D eigenvalue weighted by Gasteiger charge is 2.44. The average Bonchev–Trinajstić information content (AvgIpc) is 3.11. The molecule has 0 aromatic rings. The van der Waals surface area contributed by atoms with Gasteiger partial charge in [-0.1, -0.05) is 154 Å². The summed E-state index contributed by atoms with van der Waals surface area (Å²) in [5.74, 6) is -0.189. The molecule has 0 bridgehead atoms. The second-order valence-corrected chi connectivity index (χ2v) is 14.4. The Morgan fingerprint density at radius 1 is 0.660 bits per heavy atom. The molecule has 9 heteroatoms. The topological polar surface area (TPSA) is 149 Å². The third-order valence-electron chi connectivity index (χ3n) is 9.77. The monoisotopic (exact) mass is 712 g/mol. The summed E-state index contributed by atoms with van der Waals surface area (Å²) in [6.45, 7) is 3.71. The van der Waals surface area contributed by atoms with Crippen molar-refractivity contribution in [1.29, 1.82) is 0 Å². The van der Waals surface area contributed by atoms with Crippen LogP contribution in [0.4, 0.5) is 0 Å². The first-order valence-corrected chi connectivity index (χ1v) is 20.6. The Morgan fingerprint density at radius 2 is 1.14 bits per heavy atom. The van der Waals surface area contributed by atoms with E-state index in [4.69, 9.17) is 9.47 Å². The van der Waals surface area contributed by atoms with E-state index in [2.05, 4.69) is 31.3 Å². The lowest BCUT2D eigenvalue weighted by Crippen LogP contribution is -2.60. The van der Waals surface area contributed by atoms with Crippen molar-refractivity contribution in [2.24, 2.45) is 0 Å². The molecule has 7 unspecified atom stereocenters. The van der Waals surface area contributed by atoms with Crippen LogP contribution in [0.15, 0.2) is 24.3 Å². The molecule has 6 N–H and O–H groups in total. The van der Waals surface area contributed by atoms with Crippen LogP contribution < -0.4 is 5.32 Å². The van der Waals surface area contributed by atoms with E-state index in [-0.39, 0.29) is 12.5 Å². The number of carbonyl (C=O) groups is 1. The summed E-state index contributed by atoms with van der Waals surface area (Å²) >= 11 is 0. The second kappa shape index (κ2) is 32.3. The third-order valence-corrected chi connectivity index (χ3v) is 9.77. The molecule has 1 rings (SSSR count). The average molecular weight is 712 g/mol. The fourth-order valence-electron chi connectivity index (χ4n) is 6.37. The first kappa shape index (κ1) is 46.7. The standard InChI is InChI=1S/C41H77NO8/c1-3-5-7-9-11-13-15-16-17-18-19-21-22-24-26-28-30-35(44)34(33-49-41-40(48)39(47)38(46)36(32-43)50-41)42-37(45)31-29-27-25-23-20-14-12-10-8-6-4-2/h10,12,28,30,34-36,38-41,43-44,46-48H,3-9,11,13-27,29,31-33H2,1-2H3,(H,42,45)/b12-10-,30-28+. The molecular formula is C41H77NO8. The summed E-state index contributed by atoms with van der Waals surface area (Å²) in [5, 5.41) is 54.0.